The van der Waals surface area contributed by atoms with Gasteiger partial charge in [-0.1, -0.05) is 48.5 Å². The molecule has 4 rings (SSSR count). The van der Waals surface area contributed by atoms with Gasteiger partial charge in [0, 0.05) is 29.8 Å². The topological polar surface area (TPSA) is 27.1 Å². The predicted octanol–water partition coefficient (Wildman–Crippen LogP) is 5.80. The zero-order valence-electron chi connectivity index (χ0n) is 15.3. The Kier molecular flexibility index (Phi) is 5.35. The van der Waals surface area contributed by atoms with E-state index in [4.69, 9.17) is 4.74 Å². The summed E-state index contributed by atoms with van der Waals surface area (Å²) in [6.07, 6.45) is 8.84. The Balaban J connectivity index is 1.48. The number of hydrogen-bond acceptors (Lipinski definition) is 3. The molecular formula is C23H22N2OS. The summed E-state index contributed by atoms with van der Waals surface area (Å²) in [5.41, 5.74) is 2.47. The van der Waals surface area contributed by atoms with Gasteiger partial charge in [-0.15, -0.1) is 11.3 Å². The lowest BCUT2D eigenvalue weighted by atomic mass is 10.1. The number of nitrogens with zero attached hydrogens (tertiary/aromatic N) is 2. The third-order valence-corrected chi connectivity index (χ3v) is 5.48. The van der Waals surface area contributed by atoms with Gasteiger partial charge in [-0.2, -0.15) is 5.10 Å². The Bertz CT molecular complexity index is 1050. The van der Waals surface area contributed by atoms with Crippen LogP contribution >= 0.6 is 11.3 Å². The molecule has 0 spiro atoms. The van der Waals surface area contributed by atoms with Crippen molar-refractivity contribution in [1.29, 1.82) is 0 Å². The first-order chi connectivity index (χ1) is 13.3. The van der Waals surface area contributed by atoms with Crippen LogP contribution in [0.2, 0.25) is 0 Å². The first kappa shape index (κ1) is 17.6. The molecule has 0 unspecified atom stereocenters. The highest BCUT2D eigenvalue weighted by Crippen LogP contribution is 2.33. The van der Waals surface area contributed by atoms with Crippen molar-refractivity contribution in [2.45, 2.75) is 19.9 Å². The smallest absolute Gasteiger partial charge is 0.142 e. The van der Waals surface area contributed by atoms with Gasteiger partial charge in [0.05, 0.1) is 18.0 Å². The van der Waals surface area contributed by atoms with E-state index in [1.165, 1.54) is 21.9 Å². The van der Waals surface area contributed by atoms with Crippen molar-refractivity contribution in [3.05, 3.63) is 88.4 Å². The van der Waals surface area contributed by atoms with Crippen molar-refractivity contribution in [1.82, 2.24) is 9.78 Å². The summed E-state index contributed by atoms with van der Waals surface area (Å²) in [6, 6.07) is 17.0. The van der Waals surface area contributed by atoms with Gasteiger partial charge in [0.15, 0.2) is 0 Å². The highest BCUT2D eigenvalue weighted by molar-refractivity contribution is 7.11. The Morgan fingerprint density at radius 3 is 2.81 bits per heavy atom. The minimum absolute atomic E-state index is 0.658. The monoisotopic (exact) mass is 374 g/mol. The van der Waals surface area contributed by atoms with Crippen LogP contribution in [0.4, 0.5) is 0 Å². The fourth-order valence-electron chi connectivity index (χ4n) is 3.17. The van der Waals surface area contributed by atoms with Crippen LogP contribution in [0.3, 0.4) is 0 Å². The van der Waals surface area contributed by atoms with Crippen LogP contribution in [0.25, 0.3) is 16.8 Å². The van der Waals surface area contributed by atoms with E-state index < -0.39 is 0 Å². The van der Waals surface area contributed by atoms with E-state index in [0.29, 0.717) is 6.61 Å². The van der Waals surface area contributed by atoms with Crippen molar-refractivity contribution < 1.29 is 4.74 Å². The molecule has 0 atom stereocenters. The standard InChI is InChI=1S/C23H22N2OS/c1-2-6-22-23(21(17-27-22)16-25-13-5-12-24-25)26-14-11-18-9-10-19-7-3-4-8-20(19)15-18/h2-10,12-13,15,17H,11,14,16H2,1H3/b6-2+. The number of fused-ring (bicyclic) bond motifs is 1. The van der Waals surface area contributed by atoms with Gasteiger partial charge in [0.25, 0.3) is 0 Å². The zero-order valence-corrected chi connectivity index (χ0v) is 16.2. The molecule has 4 heteroatoms. The second kappa shape index (κ2) is 8.23. The molecule has 27 heavy (non-hydrogen) atoms. The summed E-state index contributed by atoms with van der Waals surface area (Å²) in [7, 11) is 0. The molecule has 0 saturated heterocycles. The van der Waals surface area contributed by atoms with Crippen molar-refractivity contribution in [2.75, 3.05) is 6.61 Å². The molecule has 0 aliphatic rings. The van der Waals surface area contributed by atoms with Gasteiger partial charge in [-0.25, -0.2) is 0 Å². The van der Waals surface area contributed by atoms with Crippen molar-refractivity contribution >= 4 is 28.2 Å². The minimum Gasteiger partial charge on any atom is -0.491 e. The van der Waals surface area contributed by atoms with Crippen LogP contribution in [0.15, 0.2) is 72.4 Å². The van der Waals surface area contributed by atoms with Crippen LogP contribution in [0.5, 0.6) is 5.75 Å². The zero-order chi connectivity index (χ0) is 18.5. The summed E-state index contributed by atoms with van der Waals surface area (Å²) in [4.78, 5) is 1.16. The van der Waals surface area contributed by atoms with E-state index in [1.807, 2.05) is 23.9 Å². The molecule has 0 amide bonds. The summed E-state index contributed by atoms with van der Waals surface area (Å²) < 4.78 is 8.17. The molecule has 0 radical (unpaired) electrons. The largest absolute Gasteiger partial charge is 0.491 e. The second-order valence-electron chi connectivity index (χ2n) is 6.44. The lowest BCUT2D eigenvalue weighted by Crippen LogP contribution is -2.05. The van der Waals surface area contributed by atoms with Crippen molar-refractivity contribution in [3.8, 4) is 5.75 Å². The summed E-state index contributed by atoms with van der Waals surface area (Å²) in [5.74, 6) is 0.981. The Morgan fingerprint density at radius 2 is 2.00 bits per heavy atom. The second-order valence-corrected chi connectivity index (χ2v) is 7.35. The Morgan fingerprint density at radius 1 is 1.11 bits per heavy atom. The Labute approximate surface area is 163 Å². The quantitative estimate of drug-likeness (QED) is 0.409. The molecule has 2 heterocycles. The van der Waals surface area contributed by atoms with Crippen LogP contribution in [0.1, 0.15) is 22.9 Å². The first-order valence-electron chi connectivity index (χ1n) is 9.14. The third-order valence-electron chi connectivity index (χ3n) is 4.50. The average molecular weight is 375 g/mol. The molecule has 0 N–H and O–H groups in total. The fraction of sp³-hybridized carbons (Fsp3) is 0.174. The molecule has 0 aliphatic carbocycles. The van der Waals surface area contributed by atoms with E-state index >= 15 is 0 Å². The molecule has 3 nitrogen and oxygen atoms in total. The van der Waals surface area contributed by atoms with Crippen LogP contribution in [-0.4, -0.2) is 16.4 Å². The average Bonchev–Trinajstić information content (AvgIpc) is 3.33. The van der Waals surface area contributed by atoms with Crippen LogP contribution in [-0.2, 0) is 13.0 Å². The van der Waals surface area contributed by atoms with Crippen LogP contribution in [0, 0.1) is 0 Å². The van der Waals surface area contributed by atoms with Gasteiger partial charge >= 0.3 is 0 Å². The Hall–Kier alpha value is -2.85. The van der Waals surface area contributed by atoms with Gasteiger partial charge < -0.3 is 4.74 Å². The van der Waals surface area contributed by atoms with Crippen LogP contribution < -0.4 is 4.74 Å². The summed E-state index contributed by atoms with van der Waals surface area (Å²) in [5, 5.41) is 9.03. The number of thiophene rings is 1. The molecule has 0 fully saturated rings. The molecule has 0 bridgehead atoms. The maximum absolute atomic E-state index is 6.24. The summed E-state index contributed by atoms with van der Waals surface area (Å²) >= 11 is 1.72. The number of ether oxygens (including phenoxy) is 1. The minimum atomic E-state index is 0.658. The fourth-order valence-corrected chi connectivity index (χ4v) is 4.14. The number of aromatic nitrogens is 2. The van der Waals surface area contributed by atoms with E-state index in [1.54, 1.807) is 17.5 Å². The first-order valence-corrected chi connectivity index (χ1v) is 10.0. The highest BCUT2D eigenvalue weighted by Gasteiger charge is 2.12. The molecule has 4 aromatic rings. The van der Waals surface area contributed by atoms with Gasteiger partial charge in [0.1, 0.15) is 5.75 Å². The third kappa shape index (κ3) is 4.12. The molecule has 2 aromatic carbocycles. The summed E-state index contributed by atoms with van der Waals surface area (Å²) in [6.45, 7) is 3.42. The van der Waals surface area contributed by atoms with Crippen molar-refractivity contribution in [2.24, 2.45) is 0 Å². The predicted molar refractivity (Wildman–Crippen MR) is 114 cm³/mol. The number of hydrogen-bond donors (Lipinski definition) is 0. The number of rotatable bonds is 7. The highest BCUT2D eigenvalue weighted by atomic mass is 32.1. The van der Waals surface area contributed by atoms with Gasteiger partial charge in [0.2, 0.25) is 0 Å². The van der Waals surface area contributed by atoms with E-state index in [-0.39, 0.29) is 0 Å². The molecular weight excluding hydrogens is 352 g/mol. The normalized spacial score (nSPS) is 11.4. The maximum Gasteiger partial charge on any atom is 0.142 e. The molecule has 136 valence electrons. The maximum atomic E-state index is 6.24. The number of benzene rings is 2. The SMILES string of the molecule is C/C=C/c1scc(Cn2cccn2)c1OCCc1ccc2ccccc2c1. The van der Waals surface area contributed by atoms with Crippen molar-refractivity contribution in [3.63, 3.8) is 0 Å². The molecule has 2 aromatic heterocycles. The lowest BCUT2D eigenvalue weighted by Gasteiger charge is -2.10. The van der Waals surface area contributed by atoms with E-state index in [9.17, 15) is 0 Å². The van der Waals surface area contributed by atoms with E-state index in [0.717, 1.165) is 23.6 Å². The molecule has 0 aliphatic heterocycles. The molecule has 0 saturated carbocycles. The van der Waals surface area contributed by atoms with Gasteiger partial charge in [-0.3, -0.25) is 4.68 Å². The number of allylic oxidation sites excluding steroid dienone is 1. The van der Waals surface area contributed by atoms with Gasteiger partial charge in [-0.05, 0) is 35.4 Å². The van der Waals surface area contributed by atoms with E-state index in [2.05, 4.69) is 65.1 Å². The lowest BCUT2D eigenvalue weighted by molar-refractivity contribution is 0.318.